The Balaban J connectivity index is 2.02. The van der Waals surface area contributed by atoms with Crippen molar-refractivity contribution in [3.8, 4) is 5.75 Å². The van der Waals surface area contributed by atoms with Gasteiger partial charge in [-0.25, -0.2) is 9.59 Å². The average molecular weight is 327 g/mol. The zero-order valence-electron chi connectivity index (χ0n) is 14.0. The molecule has 0 fully saturated rings. The number of para-hydroxylation sites is 1. The number of benzene rings is 2. The Hall–Kier alpha value is -2.82. The predicted octanol–water partition coefficient (Wildman–Crippen LogP) is 3.93. The van der Waals surface area contributed by atoms with Crippen molar-refractivity contribution in [2.75, 3.05) is 0 Å². The molecule has 0 saturated heterocycles. The number of hydrogen-bond acceptors (Lipinski definition) is 4. The fourth-order valence-electron chi connectivity index (χ4n) is 1.96. The van der Waals surface area contributed by atoms with E-state index in [1.54, 1.807) is 63.2 Å². The van der Waals surface area contributed by atoms with Gasteiger partial charge in [0.25, 0.3) is 0 Å². The summed E-state index contributed by atoms with van der Waals surface area (Å²) in [6.45, 7) is 5.58. The van der Waals surface area contributed by atoms with Gasteiger partial charge in [-0.1, -0.05) is 36.4 Å². The minimum Gasteiger partial charge on any atom is -0.444 e. The molecule has 0 aliphatic rings. The SMILES string of the molecule is CC(C)(C)OC(=O)NCc1ccccc1OC(=O)c1ccccc1. The number of carbonyl (C=O) groups is 2. The molecule has 0 aromatic heterocycles. The van der Waals surface area contributed by atoms with E-state index in [4.69, 9.17) is 9.47 Å². The quantitative estimate of drug-likeness (QED) is 0.682. The van der Waals surface area contributed by atoms with Crippen LogP contribution >= 0.6 is 0 Å². The Morgan fingerprint density at radius 1 is 0.958 bits per heavy atom. The van der Waals surface area contributed by atoms with Gasteiger partial charge in [0.15, 0.2) is 0 Å². The molecule has 0 atom stereocenters. The Bertz CT molecular complexity index is 705. The van der Waals surface area contributed by atoms with Crippen LogP contribution in [0.4, 0.5) is 4.79 Å². The van der Waals surface area contributed by atoms with Crippen LogP contribution in [0.25, 0.3) is 0 Å². The van der Waals surface area contributed by atoms with E-state index in [1.165, 1.54) is 0 Å². The average Bonchev–Trinajstić information content (AvgIpc) is 2.53. The van der Waals surface area contributed by atoms with E-state index < -0.39 is 17.7 Å². The molecule has 0 unspecified atom stereocenters. The minimum atomic E-state index is -0.566. The van der Waals surface area contributed by atoms with Crippen LogP contribution in [-0.2, 0) is 11.3 Å². The van der Waals surface area contributed by atoms with E-state index in [0.29, 0.717) is 16.9 Å². The van der Waals surface area contributed by atoms with Gasteiger partial charge in [-0.05, 0) is 39.0 Å². The standard InChI is InChI=1S/C19H21NO4/c1-19(2,3)24-18(22)20-13-15-11-7-8-12-16(15)23-17(21)14-9-5-4-6-10-14/h4-12H,13H2,1-3H3,(H,20,22). The lowest BCUT2D eigenvalue weighted by atomic mass is 10.2. The lowest BCUT2D eigenvalue weighted by molar-refractivity contribution is 0.0523. The molecule has 2 rings (SSSR count). The van der Waals surface area contributed by atoms with Crippen LogP contribution in [0.3, 0.4) is 0 Å². The summed E-state index contributed by atoms with van der Waals surface area (Å²) in [5.74, 6) is -0.0391. The largest absolute Gasteiger partial charge is 0.444 e. The molecule has 0 spiro atoms. The van der Waals surface area contributed by atoms with Gasteiger partial charge in [0.05, 0.1) is 5.56 Å². The summed E-state index contributed by atoms with van der Waals surface area (Å²) in [5.41, 5.74) is 0.587. The third kappa shape index (κ3) is 5.43. The molecule has 2 aromatic carbocycles. The maximum absolute atomic E-state index is 12.2. The van der Waals surface area contributed by atoms with Gasteiger partial charge in [0, 0.05) is 12.1 Å². The number of carbonyl (C=O) groups excluding carboxylic acids is 2. The predicted molar refractivity (Wildman–Crippen MR) is 90.9 cm³/mol. The first kappa shape index (κ1) is 17.5. The highest BCUT2D eigenvalue weighted by molar-refractivity contribution is 5.91. The molecule has 1 N–H and O–H groups in total. The summed E-state index contributed by atoms with van der Waals surface area (Å²) in [6.07, 6.45) is -0.522. The van der Waals surface area contributed by atoms with Crippen LogP contribution in [-0.4, -0.2) is 17.7 Å². The van der Waals surface area contributed by atoms with Crippen molar-refractivity contribution in [3.05, 3.63) is 65.7 Å². The summed E-state index contributed by atoms with van der Waals surface area (Å²) in [5, 5.41) is 2.66. The number of amides is 1. The number of esters is 1. The molecule has 0 aliphatic carbocycles. The lowest BCUT2D eigenvalue weighted by Crippen LogP contribution is -2.32. The van der Waals surface area contributed by atoms with E-state index in [2.05, 4.69) is 5.32 Å². The number of nitrogens with one attached hydrogen (secondary N) is 1. The molecule has 0 heterocycles. The number of ether oxygens (including phenoxy) is 2. The molecule has 0 aliphatic heterocycles. The fourth-order valence-corrected chi connectivity index (χ4v) is 1.96. The van der Waals surface area contributed by atoms with Crippen LogP contribution in [0.1, 0.15) is 36.7 Å². The monoisotopic (exact) mass is 327 g/mol. The Morgan fingerprint density at radius 2 is 1.58 bits per heavy atom. The van der Waals surface area contributed by atoms with E-state index >= 15 is 0 Å². The molecule has 24 heavy (non-hydrogen) atoms. The molecule has 0 radical (unpaired) electrons. The van der Waals surface area contributed by atoms with E-state index in [1.807, 2.05) is 12.1 Å². The molecule has 0 bridgehead atoms. The highest BCUT2D eigenvalue weighted by Crippen LogP contribution is 2.19. The molecule has 0 saturated carbocycles. The lowest BCUT2D eigenvalue weighted by Gasteiger charge is -2.20. The van der Waals surface area contributed by atoms with Crippen LogP contribution in [0.5, 0.6) is 5.75 Å². The van der Waals surface area contributed by atoms with E-state index in [9.17, 15) is 9.59 Å². The van der Waals surface area contributed by atoms with Gasteiger partial charge in [-0.3, -0.25) is 0 Å². The van der Waals surface area contributed by atoms with Gasteiger partial charge < -0.3 is 14.8 Å². The second-order valence-electron chi connectivity index (χ2n) is 6.22. The Morgan fingerprint density at radius 3 is 2.25 bits per heavy atom. The third-order valence-corrected chi connectivity index (χ3v) is 3.01. The highest BCUT2D eigenvalue weighted by Gasteiger charge is 2.17. The first-order valence-electron chi connectivity index (χ1n) is 7.67. The first-order chi connectivity index (χ1) is 11.3. The molecular formula is C19H21NO4. The topological polar surface area (TPSA) is 64.6 Å². The Kier molecular flexibility index (Phi) is 5.58. The molecular weight excluding hydrogens is 306 g/mol. The maximum Gasteiger partial charge on any atom is 0.407 e. The van der Waals surface area contributed by atoms with Crippen molar-refractivity contribution in [1.82, 2.24) is 5.32 Å². The highest BCUT2D eigenvalue weighted by atomic mass is 16.6. The van der Waals surface area contributed by atoms with Crippen LogP contribution in [0.2, 0.25) is 0 Å². The van der Waals surface area contributed by atoms with Gasteiger partial charge in [0.2, 0.25) is 0 Å². The van der Waals surface area contributed by atoms with Crippen LogP contribution in [0, 0.1) is 0 Å². The van der Waals surface area contributed by atoms with Gasteiger partial charge in [0.1, 0.15) is 11.4 Å². The van der Waals surface area contributed by atoms with Crippen molar-refractivity contribution < 1.29 is 19.1 Å². The van der Waals surface area contributed by atoms with E-state index in [0.717, 1.165) is 0 Å². The van der Waals surface area contributed by atoms with Gasteiger partial charge >= 0.3 is 12.1 Å². The summed E-state index contributed by atoms with van der Waals surface area (Å²) < 4.78 is 10.6. The Labute approximate surface area is 141 Å². The third-order valence-electron chi connectivity index (χ3n) is 3.01. The molecule has 1 amide bonds. The number of hydrogen-bond donors (Lipinski definition) is 1. The maximum atomic E-state index is 12.2. The zero-order valence-corrected chi connectivity index (χ0v) is 14.0. The zero-order chi connectivity index (χ0) is 17.6. The molecule has 2 aromatic rings. The summed E-state index contributed by atoms with van der Waals surface area (Å²) in [7, 11) is 0. The second kappa shape index (κ2) is 7.64. The van der Waals surface area contributed by atoms with Gasteiger partial charge in [-0.2, -0.15) is 0 Å². The smallest absolute Gasteiger partial charge is 0.407 e. The second-order valence-corrected chi connectivity index (χ2v) is 6.22. The first-order valence-corrected chi connectivity index (χ1v) is 7.67. The number of alkyl carbamates (subject to hydrolysis) is 1. The van der Waals surface area contributed by atoms with Crippen LogP contribution in [0.15, 0.2) is 54.6 Å². The summed E-state index contributed by atoms with van der Waals surface area (Å²) >= 11 is 0. The minimum absolute atomic E-state index is 0.202. The fraction of sp³-hybridized carbons (Fsp3) is 0.263. The van der Waals surface area contributed by atoms with E-state index in [-0.39, 0.29) is 6.54 Å². The van der Waals surface area contributed by atoms with Crippen molar-refractivity contribution in [2.24, 2.45) is 0 Å². The van der Waals surface area contributed by atoms with Crippen LogP contribution < -0.4 is 10.1 Å². The molecule has 126 valence electrons. The number of rotatable bonds is 4. The van der Waals surface area contributed by atoms with Crippen molar-refractivity contribution in [2.45, 2.75) is 32.9 Å². The van der Waals surface area contributed by atoms with Crippen molar-refractivity contribution >= 4 is 12.1 Å². The molecule has 5 nitrogen and oxygen atoms in total. The summed E-state index contributed by atoms with van der Waals surface area (Å²) in [4.78, 5) is 23.9. The normalized spacial score (nSPS) is 10.8. The summed E-state index contributed by atoms with van der Waals surface area (Å²) in [6, 6.07) is 15.8. The van der Waals surface area contributed by atoms with Crippen molar-refractivity contribution in [3.63, 3.8) is 0 Å². The molecule has 5 heteroatoms. The van der Waals surface area contributed by atoms with Gasteiger partial charge in [-0.15, -0.1) is 0 Å². The van der Waals surface area contributed by atoms with Crippen molar-refractivity contribution in [1.29, 1.82) is 0 Å².